The van der Waals surface area contributed by atoms with Crippen LogP contribution in [0.3, 0.4) is 0 Å². The Morgan fingerprint density at radius 1 is 1.35 bits per heavy atom. The number of nitrogens with zero attached hydrogens (tertiary/aromatic N) is 1. The lowest BCUT2D eigenvalue weighted by Gasteiger charge is -2.28. The van der Waals surface area contributed by atoms with Crippen molar-refractivity contribution in [2.75, 3.05) is 19.6 Å². The zero-order valence-corrected chi connectivity index (χ0v) is 13.6. The molecule has 112 valence electrons. The first-order valence-corrected chi connectivity index (χ1v) is 8.84. The molecule has 1 fully saturated rings. The molecule has 0 radical (unpaired) electrons. The maximum Gasteiger partial charge on any atom is 0.246 e. The first kappa shape index (κ1) is 16.0. The highest BCUT2D eigenvalue weighted by atomic mass is 35.5. The molecule has 2 rings (SSSR count). The molecule has 1 aromatic carbocycles. The van der Waals surface area contributed by atoms with Crippen molar-refractivity contribution in [3.63, 3.8) is 0 Å². The molecule has 0 bridgehead atoms. The molecule has 0 aliphatic carbocycles. The fourth-order valence-corrected chi connectivity index (χ4v) is 5.29. The molecule has 20 heavy (non-hydrogen) atoms. The van der Waals surface area contributed by atoms with Crippen molar-refractivity contribution in [2.24, 2.45) is 0 Å². The lowest BCUT2D eigenvalue weighted by atomic mass is 10.2. The molecule has 0 aromatic heterocycles. The van der Waals surface area contributed by atoms with Gasteiger partial charge in [0.2, 0.25) is 10.0 Å². The van der Waals surface area contributed by atoms with Crippen LogP contribution in [0.4, 0.5) is 0 Å². The maximum atomic E-state index is 12.9. The van der Waals surface area contributed by atoms with Gasteiger partial charge in [0.25, 0.3) is 0 Å². The van der Waals surface area contributed by atoms with E-state index in [1.165, 1.54) is 4.31 Å². The van der Waals surface area contributed by atoms with E-state index >= 15 is 0 Å². The fraction of sp³-hybridized carbons (Fsp3) is 0.538. The smallest absolute Gasteiger partial charge is 0.246 e. The van der Waals surface area contributed by atoms with Crippen LogP contribution in [0.25, 0.3) is 0 Å². The van der Waals surface area contributed by atoms with Crippen LogP contribution < -0.4 is 5.32 Å². The predicted octanol–water partition coefficient (Wildman–Crippen LogP) is 2.76. The summed E-state index contributed by atoms with van der Waals surface area (Å²) in [6, 6.07) is 4.71. The monoisotopic (exact) mass is 336 g/mol. The Hall–Kier alpha value is -0.330. The average molecular weight is 337 g/mol. The van der Waals surface area contributed by atoms with Gasteiger partial charge in [-0.25, -0.2) is 8.42 Å². The first-order chi connectivity index (χ1) is 9.48. The van der Waals surface area contributed by atoms with Crippen LogP contribution in [0.1, 0.15) is 19.8 Å². The van der Waals surface area contributed by atoms with E-state index in [-0.39, 0.29) is 21.0 Å². The molecular formula is C13H18Cl2N2O2S. The van der Waals surface area contributed by atoms with Crippen molar-refractivity contribution in [1.29, 1.82) is 0 Å². The molecule has 0 amide bonds. The van der Waals surface area contributed by atoms with Gasteiger partial charge < -0.3 is 5.32 Å². The number of nitrogens with one attached hydrogen (secondary N) is 1. The number of sulfonamides is 1. The average Bonchev–Trinajstić information content (AvgIpc) is 2.88. The largest absolute Gasteiger partial charge is 0.315 e. The Morgan fingerprint density at radius 2 is 2.00 bits per heavy atom. The molecule has 7 heteroatoms. The van der Waals surface area contributed by atoms with Crippen LogP contribution in [-0.2, 0) is 10.0 Å². The van der Waals surface area contributed by atoms with Gasteiger partial charge in [0.05, 0.1) is 10.0 Å². The van der Waals surface area contributed by atoms with E-state index in [2.05, 4.69) is 5.32 Å². The lowest BCUT2D eigenvalue weighted by Crippen LogP contribution is -2.42. The van der Waals surface area contributed by atoms with E-state index in [0.717, 1.165) is 19.4 Å². The van der Waals surface area contributed by atoms with E-state index in [1.807, 2.05) is 6.92 Å². The van der Waals surface area contributed by atoms with E-state index in [0.29, 0.717) is 13.1 Å². The normalized spacial score (nSPS) is 19.7. The first-order valence-electron chi connectivity index (χ1n) is 6.65. The topological polar surface area (TPSA) is 49.4 Å². The highest BCUT2D eigenvalue weighted by Crippen LogP contribution is 2.33. The summed E-state index contributed by atoms with van der Waals surface area (Å²) in [6.45, 7) is 3.92. The van der Waals surface area contributed by atoms with E-state index in [4.69, 9.17) is 23.2 Å². The van der Waals surface area contributed by atoms with Crippen molar-refractivity contribution < 1.29 is 8.42 Å². The summed E-state index contributed by atoms with van der Waals surface area (Å²) in [5.74, 6) is 0. The second-order valence-electron chi connectivity index (χ2n) is 4.81. The molecule has 4 nitrogen and oxygen atoms in total. The molecular weight excluding hydrogens is 319 g/mol. The minimum Gasteiger partial charge on any atom is -0.315 e. The summed E-state index contributed by atoms with van der Waals surface area (Å²) in [5.41, 5.74) is 0. The molecule has 1 aliphatic heterocycles. The van der Waals surface area contributed by atoms with Crippen molar-refractivity contribution in [3.05, 3.63) is 28.2 Å². The molecule has 0 spiro atoms. The summed E-state index contributed by atoms with van der Waals surface area (Å²) >= 11 is 12.1. The molecule has 1 heterocycles. The molecule has 1 N–H and O–H groups in total. The fourth-order valence-electron chi connectivity index (χ4n) is 2.45. The number of hydrogen-bond acceptors (Lipinski definition) is 3. The Kier molecular flexibility index (Phi) is 5.31. The number of rotatable bonds is 5. The highest BCUT2D eigenvalue weighted by molar-refractivity contribution is 7.89. The van der Waals surface area contributed by atoms with E-state index in [1.54, 1.807) is 18.2 Å². The van der Waals surface area contributed by atoms with Gasteiger partial charge in [-0.2, -0.15) is 4.31 Å². The Bertz CT molecular complexity index is 551. The number of benzene rings is 1. The van der Waals surface area contributed by atoms with Gasteiger partial charge in [0.15, 0.2) is 0 Å². The maximum absolute atomic E-state index is 12.9. The zero-order valence-electron chi connectivity index (χ0n) is 11.3. The minimum absolute atomic E-state index is 0.0173. The molecule has 1 atom stereocenters. The summed E-state index contributed by atoms with van der Waals surface area (Å²) in [6.07, 6.45) is 1.55. The minimum atomic E-state index is -3.68. The van der Waals surface area contributed by atoms with Crippen molar-refractivity contribution in [1.82, 2.24) is 9.62 Å². The molecule has 1 unspecified atom stereocenters. The SMILES string of the molecule is CCCN(C1CCNC1)S(=O)(=O)c1c(Cl)cccc1Cl. The quantitative estimate of drug-likeness (QED) is 0.899. The second kappa shape index (κ2) is 6.62. The summed E-state index contributed by atoms with van der Waals surface area (Å²) in [7, 11) is -3.68. The van der Waals surface area contributed by atoms with Gasteiger partial charge >= 0.3 is 0 Å². The molecule has 0 saturated carbocycles. The van der Waals surface area contributed by atoms with Crippen LogP contribution in [0, 0.1) is 0 Å². The lowest BCUT2D eigenvalue weighted by molar-refractivity contribution is 0.335. The van der Waals surface area contributed by atoms with Gasteiger partial charge in [-0.05, 0) is 31.5 Å². The van der Waals surface area contributed by atoms with Gasteiger partial charge in [0.1, 0.15) is 4.90 Å². The van der Waals surface area contributed by atoms with Gasteiger partial charge in [-0.3, -0.25) is 0 Å². The van der Waals surface area contributed by atoms with Crippen LogP contribution >= 0.6 is 23.2 Å². The highest BCUT2D eigenvalue weighted by Gasteiger charge is 2.35. The predicted molar refractivity (Wildman–Crippen MR) is 81.9 cm³/mol. The van der Waals surface area contributed by atoms with Crippen molar-refractivity contribution >= 4 is 33.2 Å². The third-order valence-electron chi connectivity index (χ3n) is 3.37. The summed E-state index contributed by atoms with van der Waals surface area (Å²) in [5, 5.41) is 3.53. The third kappa shape index (κ3) is 3.12. The van der Waals surface area contributed by atoms with Crippen LogP contribution in [0.5, 0.6) is 0 Å². The van der Waals surface area contributed by atoms with Gasteiger partial charge in [0, 0.05) is 19.1 Å². The summed E-state index contributed by atoms with van der Waals surface area (Å²) in [4.78, 5) is 0.0173. The molecule has 1 aliphatic rings. The molecule has 1 aromatic rings. The van der Waals surface area contributed by atoms with E-state index < -0.39 is 10.0 Å². The Morgan fingerprint density at radius 3 is 2.50 bits per heavy atom. The van der Waals surface area contributed by atoms with Crippen LogP contribution in [0.2, 0.25) is 10.0 Å². The number of hydrogen-bond donors (Lipinski definition) is 1. The van der Waals surface area contributed by atoms with Crippen LogP contribution in [-0.4, -0.2) is 38.4 Å². The van der Waals surface area contributed by atoms with Crippen molar-refractivity contribution in [2.45, 2.75) is 30.7 Å². The van der Waals surface area contributed by atoms with Crippen LogP contribution in [0.15, 0.2) is 23.1 Å². The van der Waals surface area contributed by atoms with E-state index in [9.17, 15) is 8.42 Å². The third-order valence-corrected chi connectivity index (χ3v) is 6.28. The number of halogens is 2. The van der Waals surface area contributed by atoms with Gasteiger partial charge in [-0.15, -0.1) is 0 Å². The summed E-state index contributed by atoms with van der Waals surface area (Å²) < 4.78 is 27.3. The van der Waals surface area contributed by atoms with Gasteiger partial charge in [-0.1, -0.05) is 36.2 Å². The second-order valence-corrected chi connectivity index (χ2v) is 7.45. The Balaban J connectivity index is 2.45. The zero-order chi connectivity index (χ0) is 14.8. The van der Waals surface area contributed by atoms with Crippen molar-refractivity contribution in [3.8, 4) is 0 Å². The standard InChI is InChI=1S/C13H18Cl2N2O2S/c1-2-8-17(10-6-7-16-9-10)20(18,19)13-11(14)4-3-5-12(13)15/h3-5,10,16H,2,6-9H2,1H3. The Labute approximate surface area is 130 Å². The molecule has 1 saturated heterocycles.